The molecule has 6 heteroatoms. The van der Waals surface area contributed by atoms with Crippen molar-refractivity contribution in [1.29, 1.82) is 0 Å². The number of rotatable bonds is 2. The molecule has 106 valence electrons. The maximum absolute atomic E-state index is 12.4. The third-order valence-corrected chi connectivity index (χ3v) is 3.45. The minimum atomic E-state index is -0.0405. The van der Waals surface area contributed by atoms with Gasteiger partial charge >= 0.3 is 0 Å². The van der Waals surface area contributed by atoms with Crippen molar-refractivity contribution in [2.24, 2.45) is 5.73 Å². The van der Waals surface area contributed by atoms with Crippen molar-refractivity contribution in [3.63, 3.8) is 0 Å². The van der Waals surface area contributed by atoms with E-state index in [1.54, 1.807) is 30.2 Å². The second-order valence-corrected chi connectivity index (χ2v) is 4.91. The molecule has 1 saturated heterocycles. The molecule has 0 atom stereocenters. The van der Waals surface area contributed by atoms with E-state index in [0.717, 1.165) is 12.8 Å². The Balaban J connectivity index is 0.00000180. The first-order valence-electron chi connectivity index (χ1n) is 6.00. The monoisotopic (exact) mass is 304 g/mol. The van der Waals surface area contributed by atoms with Gasteiger partial charge in [0.1, 0.15) is 5.75 Å². The van der Waals surface area contributed by atoms with Crippen LogP contribution >= 0.6 is 24.0 Å². The van der Waals surface area contributed by atoms with Crippen molar-refractivity contribution in [1.82, 2.24) is 4.90 Å². The quantitative estimate of drug-likeness (QED) is 0.912. The Kier molecular flexibility index (Phi) is 5.91. The Bertz CT molecular complexity index is 446. The molecule has 0 spiro atoms. The second-order valence-electron chi connectivity index (χ2n) is 4.47. The van der Waals surface area contributed by atoms with Gasteiger partial charge in [0.25, 0.3) is 5.91 Å². The Morgan fingerprint density at radius 1 is 1.42 bits per heavy atom. The van der Waals surface area contributed by atoms with Gasteiger partial charge in [0.2, 0.25) is 0 Å². The Morgan fingerprint density at radius 2 is 2.05 bits per heavy atom. The highest BCUT2D eigenvalue weighted by molar-refractivity contribution is 6.31. The highest BCUT2D eigenvalue weighted by Gasteiger charge is 2.24. The number of carbonyl (C=O) groups is 1. The number of hydrogen-bond donors (Lipinski definition) is 1. The van der Waals surface area contributed by atoms with Crippen LogP contribution in [0.1, 0.15) is 23.2 Å². The molecule has 19 heavy (non-hydrogen) atoms. The number of ether oxygens (including phenoxy) is 1. The van der Waals surface area contributed by atoms with E-state index in [9.17, 15) is 4.79 Å². The van der Waals surface area contributed by atoms with Gasteiger partial charge in [-0.2, -0.15) is 0 Å². The minimum absolute atomic E-state index is 0. The molecule has 2 rings (SSSR count). The lowest BCUT2D eigenvalue weighted by Crippen LogP contribution is -2.42. The molecule has 1 aromatic carbocycles. The Morgan fingerprint density at radius 3 is 2.63 bits per heavy atom. The number of benzene rings is 1. The van der Waals surface area contributed by atoms with E-state index in [1.807, 2.05) is 0 Å². The van der Waals surface area contributed by atoms with Gasteiger partial charge in [0, 0.05) is 24.2 Å². The number of nitrogens with zero attached hydrogens (tertiary/aromatic N) is 1. The fourth-order valence-electron chi connectivity index (χ4n) is 2.12. The highest BCUT2D eigenvalue weighted by Crippen LogP contribution is 2.25. The molecule has 0 radical (unpaired) electrons. The molecule has 1 aromatic rings. The van der Waals surface area contributed by atoms with Crippen LogP contribution in [0.25, 0.3) is 0 Å². The molecule has 2 N–H and O–H groups in total. The van der Waals surface area contributed by atoms with Crippen LogP contribution in [-0.4, -0.2) is 37.0 Å². The molecule has 0 unspecified atom stereocenters. The molecule has 1 aliphatic rings. The third kappa shape index (κ3) is 3.75. The van der Waals surface area contributed by atoms with Crippen LogP contribution in [0.2, 0.25) is 5.02 Å². The number of piperidine rings is 1. The third-order valence-electron chi connectivity index (χ3n) is 3.22. The van der Waals surface area contributed by atoms with Crippen molar-refractivity contribution in [3.8, 4) is 5.75 Å². The summed E-state index contributed by atoms with van der Waals surface area (Å²) in [6.07, 6.45) is 1.68. The molecule has 0 aromatic heterocycles. The smallest absolute Gasteiger partial charge is 0.257 e. The summed E-state index contributed by atoms with van der Waals surface area (Å²) in [7, 11) is 1.55. The minimum Gasteiger partial charge on any atom is -0.496 e. The van der Waals surface area contributed by atoms with E-state index in [0.29, 0.717) is 29.4 Å². The van der Waals surface area contributed by atoms with Gasteiger partial charge in [-0.05, 0) is 31.0 Å². The van der Waals surface area contributed by atoms with Crippen molar-refractivity contribution in [3.05, 3.63) is 28.8 Å². The van der Waals surface area contributed by atoms with Crippen molar-refractivity contribution in [2.45, 2.75) is 18.9 Å². The molecule has 0 bridgehead atoms. The fourth-order valence-corrected chi connectivity index (χ4v) is 2.29. The van der Waals surface area contributed by atoms with Crippen molar-refractivity contribution >= 4 is 29.9 Å². The lowest BCUT2D eigenvalue weighted by Gasteiger charge is -2.30. The first-order chi connectivity index (χ1) is 8.61. The molecular formula is C13H18Cl2N2O2. The van der Waals surface area contributed by atoms with E-state index < -0.39 is 0 Å². The normalized spacial score (nSPS) is 15.8. The SMILES string of the molecule is COc1ccc(Cl)cc1C(=O)N1CCC(N)CC1.Cl. The molecule has 1 aliphatic heterocycles. The van der Waals surface area contributed by atoms with Gasteiger partial charge in [-0.3, -0.25) is 4.79 Å². The zero-order chi connectivity index (χ0) is 13.1. The first-order valence-corrected chi connectivity index (χ1v) is 6.38. The Labute approximate surface area is 124 Å². The van der Waals surface area contributed by atoms with Crippen LogP contribution in [0.5, 0.6) is 5.75 Å². The van der Waals surface area contributed by atoms with Crippen LogP contribution in [0.3, 0.4) is 0 Å². The van der Waals surface area contributed by atoms with Crippen molar-refractivity contribution < 1.29 is 9.53 Å². The zero-order valence-electron chi connectivity index (χ0n) is 10.8. The van der Waals surface area contributed by atoms with E-state index in [4.69, 9.17) is 22.1 Å². The number of methoxy groups -OCH3 is 1. The van der Waals surface area contributed by atoms with Gasteiger partial charge in [-0.15, -0.1) is 12.4 Å². The summed E-state index contributed by atoms with van der Waals surface area (Å²) in [5, 5.41) is 0.535. The average molecular weight is 305 g/mol. The predicted molar refractivity (Wildman–Crippen MR) is 78.4 cm³/mol. The first kappa shape index (κ1) is 16.1. The molecule has 1 heterocycles. The van der Waals surface area contributed by atoms with Gasteiger partial charge in [0.15, 0.2) is 0 Å². The van der Waals surface area contributed by atoms with E-state index >= 15 is 0 Å². The maximum Gasteiger partial charge on any atom is 0.257 e. The lowest BCUT2D eigenvalue weighted by atomic mass is 10.0. The topological polar surface area (TPSA) is 55.6 Å². The largest absolute Gasteiger partial charge is 0.496 e. The van der Waals surface area contributed by atoms with Gasteiger partial charge in [0.05, 0.1) is 12.7 Å². The summed E-state index contributed by atoms with van der Waals surface area (Å²) in [5.41, 5.74) is 6.35. The number of amides is 1. The molecular weight excluding hydrogens is 287 g/mol. The van der Waals surface area contributed by atoms with Crippen LogP contribution in [0.4, 0.5) is 0 Å². The predicted octanol–water partition coefficient (Wildman–Crippen LogP) is 2.33. The van der Waals surface area contributed by atoms with Crippen LogP contribution in [0.15, 0.2) is 18.2 Å². The summed E-state index contributed by atoms with van der Waals surface area (Å²) in [5.74, 6) is 0.514. The number of hydrogen-bond acceptors (Lipinski definition) is 3. The lowest BCUT2D eigenvalue weighted by molar-refractivity contribution is 0.0711. The van der Waals surface area contributed by atoms with E-state index in [2.05, 4.69) is 0 Å². The maximum atomic E-state index is 12.4. The van der Waals surface area contributed by atoms with Crippen molar-refractivity contribution in [2.75, 3.05) is 20.2 Å². The van der Waals surface area contributed by atoms with Gasteiger partial charge in [-0.25, -0.2) is 0 Å². The highest BCUT2D eigenvalue weighted by atomic mass is 35.5. The van der Waals surface area contributed by atoms with Gasteiger partial charge in [-0.1, -0.05) is 11.6 Å². The van der Waals surface area contributed by atoms with E-state index in [1.165, 1.54) is 0 Å². The summed E-state index contributed by atoms with van der Waals surface area (Å²) >= 11 is 5.93. The molecule has 1 amide bonds. The standard InChI is InChI=1S/C13H17ClN2O2.ClH/c1-18-12-3-2-9(14)8-11(12)13(17)16-6-4-10(15)5-7-16;/h2-3,8,10H,4-7,15H2,1H3;1H. The molecule has 1 fully saturated rings. The van der Waals surface area contributed by atoms with E-state index in [-0.39, 0.29) is 24.4 Å². The van der Waals surface area contributed by atoms with Gasteiger partial charge < -0.3 is 15.4 Å². The molecule has 0 saturated carbocycles. The van der Waals surface area contributed by atoms with Crippen LogP contribution in [-0.2, 0) is 0 Å². The Hall–Kier alpha value is -0.970. The number of carbonyl (C=O) groups excluding carboxylic acids is 1. The summed E-state index contributed by atoms with van der Waals surface area (Å²) < 4.78 is 5.20. The molecule has 0 aliphatic carbocycles. The average Bonchev–Trinajstić information content (AvgIpc) is 2.39. The van der Waals surface area contributed by atoms with Crippen LogP contribution < -0.4 is 10.5 Å². The zero-order valence-corrected chi connectivity index (χ0v) is 12.3. The number of nitrogens with two attached hydrogens (primary N) is 1. The number of likely N-dealkylation sites (tertiary alicyclic amines) is 1. The fraction of sp³-hybridized carbons (Fsp3) is 0.462. The summed E-state index contributed by atoms with van der Waals surface area (Å²) in [6.45, 7) is 1.38. The number of halogens is 2. The van der Waals surface area contributed by atoms with Crippen LogP contribution in [0, 0.1) is 0 Å². The second kappa shape index (κ2) is 6.98. The molecule has 4 nitrogen and oxygen atoms in total. The summed E-state index contributed by atoms with van der Waals surface area (Å²) in [6, 6.07) is 5.28. The summed E-state index contributed by atoms with van der Waals surface area (Å²) in [4.78, 5) is 14.2.